The van der Waals surface area contributed by atoms with E-state index in [1.165, 1.54) is 32.4 Å². The van der Waals surface area contributed by atoms with Gasteiger partial charge in [-0.1, -0.05) is 33.9 Å². The number of hydrogen-bond donors (Lipinski definition) is 2. The summed E-state index contributed by atoms with van der Waals surface area (Å²) in [5.41, 5.74) is 0.100. The van der Waals surface area contributed by atoms with Crippen LogP contribution in [0, 0.1) is 4.78 Å². The molecule has 1 rings (SSSR count). The van der Waals surface area contributed by atoms with Crippen LogP contribution in [0.4, 0.5) is 0 Å². The summed E-state index contributed by atoms with van der Waals surface area (Å²) in [6.45, 7) is 9.95. The molecule has 7 nitrogen and oxygen atoms in total. The van der Waals surface area contributed by atoms with E-state index in [1.807, 2.05) is 33.9 Å². The Morgan fingerprint density at radius 2 is 1.64 bits per heavy atom. The quantitative estimate of drug-likeness (QED) is 0.597. The highest BCUT2D eigenvalue weighted by atomic mass is 32.2. The molecule has 2 N–H and O–H groups in total. The van der Waals surface area contributed by atoms with Crippen molar-refractivity contribution in [2.45, 2.75) is 43.8 Å². The zero-order valence-electron chi connectivity index (χ0n) is 15.7. The molecule has 0 aromatic heterocycles. The number of nitrogens with one attached hydrogen (secondary N) is 2. The van der Waals surface area contributed by atoms with Crippen LogP contribution in [-0.2, 0) is 19.4 Å². The Balaban J connectivity index is 3.55. The Labute approximate surface area is 150 Å². The fourth-order valence-corrected chi connectivity index (χ4v) is 7.14. The fraction of sp³-hybridized carbons (Fsp3) is 0.500. The maximum Gasteiger partial charge on any atom is 0.339 e. The van der Waals surface area contributed by atoms with E-state index in [1.54, 1.807) is 0 Å². The first-order valence-corrected chi connectivity index (χ1v) is 12.2. The van der Waals surface area contributed by atoms with Crippen molar-refractivity contribution >= 4 is 30.1 Å². The lowest BCUT2D eigenvalue weighted by molar-refractivity contribution is 0.0583. The van der Waals surface area contributed by atoms with Gasteiger partial charge in [0.1, 0.15) is 18.2 Å². The number of rotatable bonds is 5. The molecule has 1 aromatic rings. The Kier molecular flexibility index (Phi) is 6.20. The molecule has 140 valence electrons. The molecule has 0 aliphatic heterocycles. The summed E-state index contributed by atoms with van der Waals surface area (Å²) in [6, 6.07) is 3.96. The van der Waals surface area contributed by atoms with Gasteiger partial charge in [0.25, 0.3) is 0 Å². The molecule has 25 heavy (non-hydrogen) atoms. The highest BCUT2D eigenvalue weighted by Gasteiger charge is 2.39. The largest absolute Gasteiger partial charge is 0.465 e. The van der Waals surface area contributed by atoms with Gasteiger partial charge < -0.3 is 9.47 Å². The Bertz CT molecular complexity index is 782. The van der Waals surface area contributed by atoms with Gasteiger partial charge in [-0.2, -0.15) is 0 Å². The third-order valence-electron chi connectivity index (χ3n) is 4.39. The lowest BCUT2D eigenvalue weighted by Gasteiger charge is -2.37. The third-order valence-corrected chi connectivity index (χ3v) is 12.3. The molecule has 0 aliphatic rings. The van der Waals surface area contributed by atoms with E-state index < -0.39 is 30.1 Å². The molecule has 1 unspecified atom stereocenters. The molecule has 1 atom stereocenters. The second kappa shape index (κ2) is 7.26. The Morgan fingerprint density at radius 1 is 1.12 bits per heavy atom. The molecule has 0 radical (unpaired) electrons. The summed E-state index contributed by atoms with van der Waals surface area (Å²) >= 11 is 0. The van der Waals surface area contributed by atoms with E-state index in [0.29, 0.717) is 0 Å². The van der Waals surface area contributed by atoms with Gasteiger partial charge in [0.2, 0.25) is 0 Å². The molecule has 0 fully saturated rings. The summed E-state index contributed by atoms with van der Waals surface area (Å²) in [5, 5.41) is -0.178. The normalized spacial score (nSPS) is 14.5. The monoisotopic (exact) mass is 386 g/mol. The Hall–Kier alpha value is -1.71. The van der Waals surface area contributed by atoms with E-state index in [0.717, 1.165) is 0 Å². The minimum Gasteiger partial charge on any atom is -0.465 e. The summed E-state index contributed by atoms with van der Waals surface area (Å²) in [5.74, 6) is -1.36. The average molecular weight is 387 g/mol. The van der Waals surface area contributed by atoms with Crippen molar-refractivity contribution < 1.29 is 23.3 Å². The molecule has 0 amide bonds. The number of benzene rings is 1. The van der Waals surface area contributed by atoms with Crippen LogP contribution in [0.1, 0.15) is 41.5 Å². The van der Waals surface area contributed by atoms with Crippen molar-refractivity contribution in [3.63, 3.8) is 0 Å². The molecule has 0 aliphatic carbocycles. The van der Waals surface area contributed by atoms with Crippen molar-refractivity contribution in [3.8, 4) is 0 Å². The van der Waals surface area contributed by atoms with Crippen molar-refractivity contribution in [1.29, 1.82) is 4.78 Å². The fourth-order valence-electron chi connectivity index (χ4n) is 1.85. The van der Waals surface area contributed by atoms with E-state index in [2.05, 4.69) is 9.12 Å². The van der Waals surface area contributed by atoms with E-state index in [9.17, 15) is 13.8 Å². The maximum atomic E-state index is 13.2. The lowest BCUT2D eigenvalue weighted by atomic mass is 10.1. The number of carbonyl (C=O) groups is 2. The predicted octanol–water partition coefficient (Wildman–Crippen LogP) is 3.18. The van der Waals surface area contributed by atoms with Crippen LogP contribution in [0.5, 0.6) is 0 Å². The predicted molar refractivity (Wildman–Crippen MR) is 98.6 cm³/mol. The molecule has 0 spiro atoms. The third kappa shape index (κ3) is 4.68. The summed E-state index contributed by atoms with van der Waals surface area (Å²) < 4.78 is 33.9. The highest BCUT2D eigenvalue weighted by molar-refractivity contribution is 7.92. The summed E-state index contributed by atoms with van der Waals surface area (Å²) in [7, 11) is -3.45. The van der Waals surface area contributed by atoms with Crippen LogP contribution >= 0.6 is 0 Å². The second-order valence-electron chi connectivity index (χ2n) is 7.23. The first kappa shape index (κ1) is 21.3. The average Bonchev–Trinajstić information content (AvgIpc) is 2.50. The smallest absolute Gasteiger partial charge is 0.339 e. The number of carbonyl (C=O) groups excluding carboxylic acids is 2. The van der Waals surface area contributed by atoms with Crippen LogP contribution in [-0.4, -0.2) is 38.6 Å². The second-order valence-corrected chi connectivity index (χ2v) is 14.3. The van der Waals surface area contributed by atoms with Gasteiger partial charge in [-0.25, -0.2) is 23.0 Å². The van der Waals surface area contributed by atoms with Crippen LogP contribution in [0.2, 0.25) is 18.1 Å². The molecular weight excluding hydrogens is 360 g/mol. The summed E-state index contributed by atoms with van der Waals surface area (Å²) in [6.07, 6.45) is 0. The van der Waals surface area contributed by atoms with Crippen LogP contribution < -0.4 is 4.39 Å². The first-order valence-electron chi connectivity index (χ1n) is 7.65. The van der Waals surface area contributed by atoms with E-state index in [4.69, 9.17) is 9.52 Å². The minimum atomic E-state index is -3.55. The number of ether oxygens (including phenoxy) is 2. The van der Waals surface area contributed by atoms with Crippen molar-refractivity contribution in [3.05, 3.63) is 29.3 Å². The van der Waals surface area contributed by atoms with Gasteiger partial charge >= 0.3 is 11.9 Å². The number of esters is 2. The number of methoxy groups -OCH3 is 2. The van der Waals surface area contributed by atoms with Gasteiger partial charge in [-0.05, 0) is 23.2 Å². The molecule has 0 heterocycles. The minimum absolute atomic E-state index is 0.0126. The van der Waals surface area contributed by atoms with Crippen molar-refractivity contribution in [2.75, 3.05) is 14.2 Å². The van der Waals surface area contributed by atoms with Crippen LogP contribution in [0.15, 0.2) is 23.1 Å². The van der Waals surface area contributed by atoms with Crippen LogP contribution in [0.3, 0.4) is 0 Å². The SMILES string of the molecule is COC(=O)c1ccc(C(=O)OC)c(S(=N)(=O)N[Si](C)(C)C(C)(C)C)c1. The molecule has 0 saturated heterocycles. The topological polar surface area (TPSA) is 106 Å². The Morgan fingerprint density at radius 3 is 2.08 bits per heavy atom. The van der Waals surface area contributed by atoms with Crippen molar-refractivity contribution in [1.82, 2.24) is 4.39 Å². The van der Waals surface area contributed by atoms with Gasteiger partial charge in [-0.3, -0.25) is 0 Å². The highest BCUT2D eigenvalue weighted by Crippen LogP contribution is 2.35. The standard InChI is InChI=1S/C16H26N2O5SSi/c1-16(2,3)25(6,7)18-24(17,21)13-10-11(14(19)22-4)8-9-12(13)15(20)23-5/h8-10H,1-7H3,(H2,17,18,21). The zero-order valence-corrected chi connectivity index (χ0v) is 17.5. The first-order chi connectivity index (χ1) is 11.3. The lowest BCUT2D eigenvalue weighted by Crippen LogP contribution is -2.54. The van der Waals surface area contributed by atoms with E-state index >= 15 is 0 Å². The van der Waals surface area contributed by atoms with Crippen molar-refractivity contribution in [2.24, 2.45) is 0 Å². The van der Waals surface area contributed by atoms with Gasteiger partial charge in [-0.15, -0.1) is 0 Å². The van der Waals surface area contributed by atoms with Gasteiger partial charge in [0.15, 0.2) is 0 Å². The van der Waals surface area contributed by atoms with E-state index in [-0.39, 0.29) is 21.1 Å². The molecule has 0 saturated carbocycles. The zero-order chi connectivity index (χ0) is 19.6. The number of hydrogen-bond acceptors (Lipinski definition) is 6. The maximum absolute atomic E-state index is 13.2. The van der Waals surface area contributed by atoms with Gasteiger partial charge in [0.05, 0.1) is 30.2 Å². The van der Waals surface area contributed by atoms with Gasteiger partial charge in [0, 0.05) is 0 Å². The summed E-state index contributed by atoms with van der Waals surface area (Å²) in [4.78, 5) is 23.7. The van der Waals surface area contributed by atoms with Crippen LogP contribution in [0.25, 0.3) is 0 Å². The molecule has 0 bridgehead atoms. The molecule has 9 heteroatoms. The molecule has 1 aromatic carbocycles. The molecular formula is C16H26N2O5SSi.